The van der Waals surface area contributed by atoms with Gasteiger partial charge >= 0.3 is 0 Å². The summed E-state index contributed by atoms with van der Waals surface area (Å²) < 4.78 is 5.58. The molecule has 102 valence electrons. The first-order valence-corrected chi connectivity index (χ1v) is 7.02. The van der Waals surface area contributed by atoms with Crippen molar-refractivity contribution in [2.75, 3.05) is 0 Å². The van der Waals surface area contributed by atoms with E-state index in [1.807, 2.05) is 13.8 Å². The molecule has 1 aliphatic rings. The highest BCUT2D eigenvalue weighted by Crippen LogP contribution is 2.22. The largest absolute Gasteiger partial charge is 0.489 e. The van der Waals surface area contributed by atoms with Gasteiger partial charge in [-0.1, -0.05) is 12.5 Å². The molecule has 0 aliphatic heterocycles. The molecule has 3 heteroatoms. The molecule has 0 amide bonds. The topological polar surface area (TPSA) is 39.2 Å². The molecule has 2 rings (SSSR count). The van der Waals surface area contributed by atoms with Crippen LogP contribution >= 0.6 is 0 Å². The van der Waals surface area contributed by atoms with Crippen LogP contribution in [0.4, 0.5) is 0 Å². The number of rotatable bonds is 4. The second-order valence-corrected chi connectivity index (χ2v) is 5.23. The fourth-order valence-electron chi connectivity index (χ4n) is 2.29. The highest BCUT2D eigenvalue weighted by atomic mass is 16.5. The van der Waals surface area contributed by atoms with Gasteiger partial charge in [0, 0.05) is 11.8 Å². The maximum absolute atomic E-state index is 12.4. The Morgan fingerprint density at radius 1 is 1.26 bits per heavy atom. The minimum atomic E-state index is 0.0873. The number of ether oxygens (including phenoxy) is 1. The number of nitrogens with zero attached hydrogens (tertiary/aromatic N) is 1. The van der Waals surface area contributed by atoms with Crippen LogP contribution in [0.1, 0.15) is 56.3 Å². The second kappa shape index (κ2) is 6.50. The summed E-state index contributed by atoms with van der Waals surface area (Å²) in [6.45, 7) is 3.92. The number of ketones is 1. The molecule has 0 unspecified atom stereocenters. The van der Waals surface area contributed by atoms with E-state index in [2.05, 4.69) is 11.1 Å². The van der Waals surface area contributed by atoms with Crippen molar-refractivity contribution < 1.29 is 9.53 Å². The molecular formula is C16H21NO2. The first-order chi connectivity index (χ1) is 9.16. The number of hydrogen-bond donors (Lipinski definition) is 0. The van der Waals surface area contributed by atoms with Gasteiger partial charge in [-0.2, -0.15) is 0 Å². The van der Waals surface area contributed by atoms with Crippen molar-refractivity contribution in [3.05, 3.63) is 35.7 Å². The second-order valence-electron chi connectivity index (χ2n) is 5.23. The molecule has 0 aromatic carbocycles. The Hall–Kier alpha value is -1.64. The Morgan fingerprint density at radius 3 is 2.89 bits per heavy atom. The molecule has 1 heterocycles. The van der Waals surface area contributed by atoms with Gasteiger partial charge in [-0.25, -0.2) is 0 Å². The number of aromatic nitrogens is 1. The number of carbonyl (C=O) groups is 1. The lowest BCUT2D eigenvalue weighted by Gasteiger charge is -2.10. The first kappa shape index (κ1) is 13.8. The Labute approximate surface area is 114 Å². The van der Waals surface area contributed by atoms with Crippen molar-refractivity contribution in [3.8, 4) is 5.75 Å². The van der Waals surface area contributed by atoms with Crippen molar-refractivity contribution in [1.29, 1.82) is 0 Å². The quantitative estimate of drug-likeness (QED) is 0.769. The number of Topliss-reactive ketones (excluding diaryl/α,β-unsaturated/α-hetero) is 1. The molecule has 0 saturated carbocycles. The predicted octanol–water partition coefficient (Wildman–Crippen LogP) is 3.94. The van der Waals surface area contributed by atoms with Crippen LogP contribution in [-0.4, -0.2) is 16.9 Å². The fourth-order valence-corrected chi connectivity index (χ4v) is 2.29. The van der Waals surface area contributed by atoms with E-state index < -0.39 is 0 Å². The van der Waals surface area contributed by atoms with E-state index in [1.54, 1.807) is 18.5 Å². The van der Waals surface area contributed by atoms with Crippen LogP contribution in [0.5, 0.6) is 5.75 Å². The average molecular weight is 259 g/mol. The summed E-state index contributed by atoms with van der Waals surface area (Å²) in [7, 11) is 0. The summed E-state index contributed by atoms with van der Waals surface area (Å²) in [5.41, 5.74) is 1.56. The van der Waals surface area contributed by atoms with Crippen LogP contribution in [0.15, 0.2) is 30.1 Å². The van der Waals surface area contributed by atoms with Crippen molar-refractivity contribution in [3.63, 3.8) is 0 Å². The number of carbonyl (C=O) groups excluding carboxylic acids is 1. The van der Waals surface area contributed by atoms with Gasteiger partial charge in [0.15, 0.2) is 5.78 Å². The van der Waals surface area contributed by atoms with E-state index >= 15 is 0 Å². The third-order valence-corrected chi connectivity index (χ3v) is 3.18. The van der Waals surface area contributed by atoms with Gasteiger partial charge in [0.25, 0.3) is 0 Å². The SMILES string of the molecule is CC(C)Oc1cncc(C(=O)C2=CCCCCC2)c1. The molecule has 0 bridgehead atoms. The lowest BCUT2D eigenvalue weighted by atomic mass is 10.0. The minimum absolute atomic E-state index is 0.0873. The van der Waals surface area contributed by atoms with Crippen molar-refractivity contribution >= 4 is 5.78 Å². The first-order valence-electron chi connectivity index (χ1n) is 7.02. The Morgan fingerprint density at radius 2 is 2.11 bits per heavy atom. The molecule has 1 aromatic rings. The summed E-state index contributed by atoms with van der Waals surface area (Å²) in [6.07, 6.45) is 10.8. The molecule has 0 saturated heterocycles. The van der Waals surface area contributed by atoms with Crippen molar-refractivity contribution in [2.24, 2.45) is 0 Å². The predicted molar refractivity (Wildman–Crippen MR) is 75.5 cm³/mol. The lowest BCUT2D eigenvalue weighted by molar-refractivity contribution is 0.102. The van der Waals surface area contributed by atoms with Crippen molar-refractivity contribution in [1.82, 2.24) is 4.98 Å². The number of allylic oxidation sites excluding steroid dienone is 2. The summed E-state index contributed by atoms with van der Waals surface area (Å²) in [6, 6.07) is 1.79. The third kappa shape index (κ3) is 3.91. The smallest absolute Gasteiger partial charge is 0.190 e. The molecule has 19 heavy (non-hydrogen) atoms. The van der Waals surface area contributed by atoms with Crippen LogP contribution < -0.4 is 4.74 Å². The van der Waals surface area contributed by atoms with Crippen LogP contribution in [0, 0.1) is 0 Å². The zero-order valence-corrected chi connectivity index (χ0v) is 11.7. The number of pyridine rings is 1. The normalized spacial score (nSPS) is 15.8. The summed E-state index contributed by atoms with van der Waals surface area (Å²) in [4.78, 5) is 16.5. The minimum Gasteiger partial charge on any atom is -0.489 e. The standard InChI is InChI=1S/C16H21NO2/c1-12(2)19-15-9-14(10-17-11-15)16(18)13-7-5-3-4-6-8-13/h7,9-12H,3-6,8H2,1-2H3. The van der Waals surface area contributed by atoms with Crippen LogP contribution in [0.3, 0.4) is 0 Å². The maximum atomic E-state index is 12.4. The van der Waals surface area contributed by atoms with Gasteiger partial charge in [0.05, 0.1) is 12.3 Å². The molecule has 3 nitrogen and oxygen atoms in total. The monoisotopic (exact) mass is 259 g/mol. The van der Waals surface area contributed by atoms with Gasteiger partial charge in [-0.3, -0.25) is 9.78 Å². The number of hydrogen-bond acceptors (Lipinski definition) is 3. The third-order valence-electron chi connectivity index (χ3n) is 3.18. The molecule has 0 radical (unpaired) electrons. The van der Waals surface area contributed by atoms with E-state index in [0.717, 1.165) is 24.8 Å². The van der Waals surface area contributed by atoms with Gasteiger partial charge in [0.1, 0.15) is 5.75 Å². The molecule has 0 fully saturated rings. The summed E-state index contributed by atoms with van der Waals surface area (Å²) >= 11 is 0. The summed E-state index contributed by atoms with van der Waals surface area (Å²) in [5.74, 6) is 0.763. The fraction of sp³-hybridized carbons (Fsp3) is 0.500. The van der Waals surface area contributed by atoms with Gasteiger partial charge in [-0.05, 0) is 51.2 Å². The molecule has 0 atom stereocenters. The summed E-state index contributed by atoms with van der Waals surface area (Å²) in [5, 5.41) is 0. The maximum Gasteiger partial charge on any atom is 0.190 e. The zero-order chi connectivity index (χ0) is 13.7. The highest BCUT2D eigenvalue weighted by Gasteiger charge is 2.15. The molecule has 0 spiro atoms. The van der Waals surface area contributed by atoms with E-state index in [0.29, 0.717) is 11.3 Å². The Balaban J connectivity index is 2.16. The Bertz CT molecular complexity index is 477. The van der Waals surface area contributed by atoms with E-state index in [9.17, 15) is 4.79 Å². The molecule has 0 N–H and O–H groups in total. The van der Waals surface area contributed by atoms with Crippen LogP contribution in [0.2, 0.25) is 0 Å². The van der Waals surface area contributed by atoms with Gasteiger partial charge < -0.3 is 4.74 Å². The molecular weight excluding hydrogens is 238 g/mol. The Kier molecular flexibility index (Phi) is 4.72. The van der Waals surface area contributed by atoms with Crippen LogP contribution in [0.25, 0.3) is 0 Å². The zero-order valence-electron chi connectivity index (χ0n) is 11.7. The van der Waals surface area contributed by atoms with Gasteiger partial charge in [0.2, 0.25) is 0 Å². The van der Waals surface area contributed by atoms with E-state index in [-0.39, 0.29) is 11.9 Å². The lowest BCUT2D eigenvalue weighted by Crippen LogP contribution is -2.08. The van der Waals surface area contributed by atoms with Crippen LogP contribution in [-0.2, 0) is 0 Å². The average Bonchev–Trinajstić information content (AvgIpc) is 2.66. The molecule has 1 aliphatic carbocycles. The molecule has 1 aromatic heterocycles. The van der Waals surface area contributed by atoms with Crippen molar-refractivity contribution in [2.45, 2.75) is 52.1 Å². The van der Waals surface area contributed by atoms with E-state index in [4.69, 9.17) is 4.74 Å². The highest BCUT2D eigenvalue weighted by molar-refractivity contribution is 6.08. The van der Waals surface area contributed by atoms with E-state index in [1.165, 1.54) is 12.8 Å². The van der Waals surface area contributed by atoms with Gasteiger partial charge in [-0.15, -0.1) is 0 Å².